The van der Waals surface area contributed by atoms with Gasteiger partial charge in [-0.1, -0.05) is 13.3 Å². The molecule has 0 fully saturated rings. The molecular weight excluding hydrogens is 316 g/mol. The Bertz CT molecular complexity index is 444. The Morgan fingerprint density at radius 1 is 1.29 bits per heavy atom. The smallest absolute Gasteiger partial charge is 0.241 e. The second-order valence-electron chi connectivity index (χ2n) is 4.87. The maximum atomic E-state index is 13.3. The molecule has 0 saturated carbocycles. The third-order valence-electron chi connectivity index (χ3n) is 2.62. The summed E-state index contributed by atoms with van der Waals surface area (Å²) in [7, 11) is 0. The van der Waals surface area contributed by atoms with Crippen LogP contribution < -0.4 is 16.4 Å². The van der Waals surface area contributed by atoms with Crippen LogP contribution in [-0.2, 0) is 4.79 Å². The molecule has 1 atom stereocenters. The molecule has 0 aliphatic rings. The van der Waals surface area contributed by atoms with E-state index >= 15 is 0 Å². The van der Waals surface area contributed by atoms with Crippen LogP contribution in [0.25, 0.3) is 0 Å². The molecular formula is C14H24Cl2FN3O. The predicted molar refractivity (Wildman–Crippen MR) is 91.2 cm³/mol. The van der Waals surface area contributed by atoms with Crippen molar-refractivity contribution in [3.63, 3.8) is 0 Å². The minimum Gasteiger partial charge on any atom is -0.381 e. The third-order valence-corrected chi connectivity index (χ3v) is 2.62. The lowest BCUT2D eigenvalue weighted by atomic mass is 10.1. The highest BCUT2D eigenvalue weighted by molar-refractivity contribution is 5.97. The number of hydrogen-bond acceptors (Lipinski definition) is 3. The van der Waals surface area contributed by atoms with Gasteiger partial charge in [-0.25, -0.2) is 4.39 Å². The van der Waals surface area contributed by atoms with E-state index in [0.717, 1.165) is 6.42 Å². The number of carbonyl (C=O) groups excluding carboxylic acids is 1. The highest BCUT2D eigenvalue weighted by atomic mass is 35.5. The van der Waals surface area contributed by atoms with Gasteiger partial charge in [0, 0.05) is 6.04 Å². The van der Waals surface area contributed by atoms with Crippen LogP contribution in [0.4, 0.5) is 15.8 Å². The molecule has 4 N–H and O–H groups in total. The number of amides is 1. The molecule has 0 bridgehead atoms. The lowest BCUT2D eigenvalue weighted by Crippen LogP contribution is -2.35. The number of carbonyl (C=O) groups is 1. The SMILES string of the molecule is CCCC(N)C(=O)Nc1cc(F)ccc1NC(C)C.Cl.Cl. The van der Waals surface area contributed by atoms with Gasteiger partial charge in [0.05, 0.1) is 17.4 Å². The zero-order valence-corrected chi connectivity index (χ0v) is 14.1. The maximum Gasteiger partial charge on any atom is 0.241 e. The first-order valence-electron chi connectivity index (χ1n) is 6.56. The molecule has 0 aromatic heterocycles. The molecule has 0 aliphatic heterocycles. The van der Waals surface area contributed by atoms with Gasteiger partial charge in [-0.05, 0) is 38.5 Å². The van der Waals surface area contributed by atoms with Crippen molar-refractivity contribution in [2.45, 2.75) is 45.7 Å². The van der Waals surface area contributed by atoms with Crippen LogP contribution >= 0.6 is 24.8 Å². The largest absolute Gasteiger partial charge is 0.381 e. The summed E-state index contributed by atoms with van der Waals surface area (Å²) < 4.78 is 13.3. The fourth-order valence-electron chi connectivity index (χ4n) is 1.72. The zero-order valence-electron chi connectivity index (χ0n) is 12.5. The monoisotopic (exact) mass is 339 g/mol. The van der Waals surface area contributed by atoms with Crippen molar-refractivity contribution >= 4 is 42.1 Å². The van der Waals surface area contributed by atoms with Gasteiger partial charge in [-0.2, -0.15) is 0 Å². The number of hydrogen-bond donors (Lipinski definition) is 3. The summed E-state index contributed by atoms with van der Waals surface area (Å²) in [5, 5.41) is 5.83. The van der Waals surface area contributed by atoms with E-state index in [9.17, 15) is 9.18 Å². The Labute approximate surface area is 137 Å². The van der Waals surface area contributed by atoms with Crippen molar-refractivity contribution in [3.05, 3.63) is 24.0 Å². The number of rotatable bonds is 6. The standard InChI is InChI=1S/C14H22FN3O.2ClH/c1-4-5-11(16)14(19)18-13-8-10(15)6-7-12(13)17-9(2)3;;/h6-9,11,17H,4-5,16H2,1-3H3,(H,18,19);2*1H. The first kappa shape index (κ1) is 22.2. The number of benzene rings is 1. The molecule has 1 unspecified atom stereocenters. The highest BCUT2D eigenvalue weighted by Gasteiger charge is 2.15. The van der Waals surface area contributed by atoms with E-state index in [1.807, 2.05) is 20.8 Å². The predicted octanol–water partition coefficient (Wildman–Crippen LogP) is 3.56. The fraction of sp³-hybridized carbons (Fsp3) is 0.500. The average molecular weight is 340 g/mol. The normalized spacial score (nSPS) is 11.1. The zero-order chi connectivity index (χ0) is 14.4. The summed E-state index contributed by atoms with van der Waals surface area (Å²) in [4.78, 5) is 11.9. The first-order valence-corrected chi connectivity index (χ1v) is 6.56. The summed E-state index contributed by atoms with van der Waals surface area (Å²) in [6.07, 6.45) is 1.43. The topological polar surface area (TPSA) is 67.2 Å². The Balaban J connectivity index is 0. The molecule has 1 aromatic rings. The minimum absolute atomic E-state index is 0. The van der Waals surface area contributed by atoms with E-state index in [1.165, 1.54) is 12.1 Å². The second-order valence-corrected chi connectivity index (χ2v) is 4.87. The summed E-state index contributed by atoms with van der Waals surface area (Å²) >= 11 is 0. The van der Waals surface area contributed by atoms with Crippen LogP contribution in [0, 0.1) is 5.82 Å². The summed E-state index contributed by atoms with van der Waals surface area (Å²) in [5.74, 6) is -0.687. The quantitative estimate of drug-likeness (QED) is 0.742. The molecule has 1 aromatic carbocycles. The number of anilines is 2. The van der Waals surface area contributed by atoms with E-state index < -0.39 is 11.9 Å². The van der Waals surface area contributed by atoms with Gasteiger partial charge in [0.2, 0.25) is 5.91 Å². The summed E-state index contributed by atoms with van der Waals surface area (Å²) in [6, 6.07) is 3.87. The van der Waals surface area contributed by atoms with E-state index in [1.54, 1.807) is 6.07 Å². The molecule has 1 amide bonds. The number of halogens is 3. The minimum atomic E-state index is -0.569. The molecule has 1 rings (SSSR count). The van der Waals surface area contributed by atoms with Gasteiger partial charge in [0.25, 0.3) is 0 Å². The molecule has 0 heterocycles. The van der Waals surface area contributed by atoms with Crippen molar-refractivity contribution in [2.24, 2.45) is 5.73 Å². The number of nitrogens with one attached hydrogen (secondary N) is 2. The Morgan fingerprint density at radius 2 is 1.90 bits per heavy atom. The van der Waals surface area contributed by atoms with Crippen LogP contribution in [-0.4, -0.2) is 18.0 Å². The number of nitrogens with two attached hydrogens (primary N) is 1. The van der Waals surface area contributed by atoms with Gasteiger partial charge < -0.3 is 16.4 Å². The Kier molecular flexibility index (Phi) is 11.3. The van der Waals surface area contributed by atoms with Crippen LogP contribution in [0.1, 0.15) is 33.6 Å². The molecule has 7 heteroatoms. The Hall–Kier alpha value is -1.04. The van der Waals surface area contributed by atoms with Crippen LogP contribution in [0.15, 0.2) is 18.2 Å². The summed E-state index contributed by atoms with van der Waals surface area (Å²) in [5.41, 5.74) is 6.85. The molecule has 0 aliphatic carbocycles. The van der Waals surface area contributed by atoms with E-state index in [-0.39, 0.29) is 36.8 Å². The van der Waals surface area contributed by atoms with Crippen LogP contribution in [0.3, 0.4) is 0 Å². The Morgan fingerprint density at radius 3 is 2.43 bits per heavy atom. The van der Waals surface area contributed by atoms with Crippen molar-refractivity contribution in [1.82, 2.24) is 0 Å². The van der Waals surface area contributed by atoms with Crippen LogP contribution in [0.5, 0.6) is 0 Å². The molecule has 0 radical (unpaired) electrons. The van der Waals surface area contributed by atoms with Crippen molar-refractivity contribution in [2.75, 3.05) is 10.6 Å². The molecule has 122 valence electrons. The molecule has 4 nitrogen and oxygen atoms in total. The van der Waals surface area contributed by atoms with Crippen molar-refractivity contribution in [1.29, 1.82) is 0 Å². The third kappa shape index (κ3) is 7.50. The second kappa shape index (κ2) is 10.7. The highest BCUT2D eigenvalue weighted by Crippen LogP contribution is 2.23. The van der Waals surface area contributed by atoms with Crippen LogP contribution in [0.2, 0.25) is 0 Å². The van der Waals surface area contributed by atoms with Gasteiger partial charge in [-0.3, -0.25) is 4.79 Å². The lowest BCUT2D eigenvalue weighted by Gasteiger charge is -2.17. The van der Waals surface area contributed by atoms with E-state index in [2.05, 4.69) is 10.6 Å². The molecule has 0 spiro atoms. The van der Waals surface area contributed by atoms with Gasteiger partial charge in [0.1, 0.15) is 5.82 Å². The molecule has 21 heavy (non-hydrogen) atoms. The summed E-state index contributed by atoms with van der Waals surface area (Å²) in [6.45, 7) is 5.90. The molecule has 0 saturated heterocycles. The average Bonchev–Trinajstić information content (AvgIpc) is 2.32. The first-order chi connectivity index (χ1) is 8.93. The fourth-order valence-corrected chi connectivity index (χ4v) is 1.72. The van der Waals surface area contributed by atoms with Crippen molar-refractivity contribution < 1.29 is 9.18 Å². The van der Waals surface area contributed by atoms with Gasteiger partial charge >= 0.3 is 0 Å². The maximum absolute atomic E-state index is 13.3. The van der Waals surface area contributed by atoms with E-state index in [4.69, 9.17) is 5.73 Å². The van der Waals surface area contributed by atoms with E-state index in [0.29, 0.717) is 17.8 Å². The van der Waals surface area contributed by atoms with Gasteiger partial charge in [0.15, 0.2) is 0 Å². The van der Waals surface area contributed by atoms with Crippen molar-refractivity contribution in [3.8, 4) is 0 Å². The lowest BCUT2D eigenvalue weighted by molar-refractivity contribution is -0.117. The van der Waals surface area contributed by atoms with Gasteiger partial charge in [-0.15, -0.1) is 24.8 Å².